The summed E-state index contributed by atoms with van der Waals surface area (Å²) in [5, 5.41) is 0. The Morgan fingerprint density at radius 2 is 1.80 bits per heavy atom. The van der Waals surface area contributed by atoms with Crippen molar-refractivity contribution >= 4 is 16.1 Å². The van der Waals surface area contributed by atoms with E-state index in [4.69, 9.17) is 9.47 Å². The van der Waals surface area contributed by atoms with Gasteiger partial charge in [-0.15, -0.1) is 0 Å². The van der Waals surface area contributed by atoms with Crippen molar-refractivity contribution in [1.29, 1.82) is 0 Å². The summed E-state index contributed by atoms with van der Waals surface area (Å²) in [5.41, 5.74) is -1.32. The smallest absolute Gasteiger partial charge is 0.419 e. The molecule has 1 aromatic carbocycles. The van der Waals surface area contributed by atoms with Crippen LogP contribution in [0.3, 0.4) is 0 Å². The standard InChI is InChI=1S/C27H30F3N5O5S/c1-3-23(22-10-9-20(18-32-22)39-25-7-5-6-12-31-25)40-24-11-8-19(17-21(24)27(28,29)30)26(36)33-41(37,38)35-15-13-34(4-2)14-16-35/h5-12,17-18,23H,3-4,13-16H2,1-2H3,(H,33,36)/t23-/m1/s1. The maximum Gasteiger partial charge on any atom is 0.419 e. The summed E-state index contributed by atoms with van der Waals surface area (Å²) in [7, 11) is -4.23. The van der Waals surface area contributed by atoms with Crippen molar-refractivity contribution in [2.45, 2.75) is 32.5 Å². The van der Waals surface area contributed by atoms with Crippen LogP contribution in [0.4, 0.5) is 13.2 Å². The van der Waals surface area contributed by atoms with Crippen LogP contribution in [0.15, 0.2) is 60.9 Å². The Labute approximate surface area is 236 Å². The highest BCUT2D eigenvalue weighted by Crippen LogP contribution is 2.39. The molecule has 0 radical (unpaired) electrons. The molecule has 2 aromatic heterocycles. The Kier molecular flexibility index (Phi) is 9.46. The Morgan fingerprint density at radius 1 is 1.05 bits per heavy atom. The third kappa shape index (κ3) is 7.71. The number of likely N-dealkylation sites (N-methyl/N-ethyl adjacent to an activating group) is 1. The monoisotopic (exact) mass is 593 g/mol. The Bertz CT molecular complexity index is 1430. The first-order valence-electron chi connectivity index (χ1n) is 13.0. The topological polar surface area (TPSA) is 114 Å². The number of piperazine rings is 1. The minimum atomic E-state index is -4.88. The lowest BCUT2D eigenvalue weighted by Gasteiger charge is -2.33. The maximum absolute atomic E-state index is 14.0. The molecule has 10 nitrogen and oxygen atoms in total. The molecule has 0 saturated carbocycles. The molecule has 1 atom stereocenters. The molecule has 1 amide bonds. The van der Waals surface area contributed by atoms with Crippen LogP contribution in [0, 0.1) is 0 Å². The van der Waals surface area contributed by atoms with Crippen molar-refractivity contribution < 1.29 is 35.9 Å². The zero-order valence-electron chi connectivity index (χ0n) is 22.5. The van der Waals surface area contributed by atoms with Gasteiger partial charge in [-0.1, -0.05) is 19.9 Å². The van der Waals surface area contributed by atoms with E-state index < -0.39 is 45.3 Å². The van der Waals surface area contributed by atoms with Crippen LogP contribution in [0.2, 0.25) is 0 Å². The van der Waals surface area contributed by atoms with Gasteiger partial charge in [0.25, 0.3) is 5.91 Å². The third-order valence-corrected chi connectivity index (χ3v) is 7.96. The van der Waals surface area contributed by atoms with Crippen LogP contribution in [-0.2, 0) is 16.4 Å². The summed E-state index contributed by atoms with van der Waals surface area (Å²) in [6, 6.07) is 11.0. The van der Waals surface area contributed by atoms with Gasteiger partial charge in [-0.05, 0) is 49.4 Å². The molecule has 41 heavy (non-hydrogen) atoms. The van der Waals surface area contributed by atoms with E-state index in [1.807, 2.05) is 16.5 Å². The zero-order valence-corrected chi connectivity index (χ0v) is 23.3. The molecule has 0 spiro atoms. The number of amides is 1. The zero-order chi connectivity index (χ0) is 29.6. The molecule has 4 rings (SSSR count). The lowest BCUT2D eigenvalue weighted by Crippen LogP contribution is -2.52. The van der Waals surface area contributed by atoms with Crippen LogP contribution < -0.4 is 14.2 Å². The predicted octanol–water partition coefficient (Wildman–Crippen LogP) is 4.43. The van der Waals surface area contributed by atoms with E-state index in [-0.39, 0.29) is 19.5 Å². The average Bonchev–Trinajstić information content (AvgIpc) is 2.96. The Balaban J connectivity index is 1.49. The quantitative estimate of drug-likeness (QED) is 0.367. The van der Waals surface area contributed by atoms with Gasteiger partial charge in [0.2, 0.25) is 5.88 Å². The molecule has 14 heteroatoms. The summed E-state index contributed by atoms with van der Waals surface area (Å²) in [6.07, 6.45) is -2.46. The number of halogens is 3. The van der Waals surface area contributed by atoms with Gasteiger partial charge in [-0.3, -0.25) is 9.78 Å². The van der Waals surface area contributed by atoms with Gasteiger partial charge < -0.3 is 14.4 Å². The molecule has 1 fully saturated rings. The average molecular weight is 594 g/mol. The molecule has 0 bridgehead atoms. The molecule has 1 saturated heterocycles. The molecular weight excluding hydrogens is 563 g/mol. The SMILES string of the molecule is CC[C@@H](Oc1ccc(C(=O)NS(=O)(=O)N2CCN(CC)CC2)cc1C(F)(F)F)c1ccc(Oc2ccccn2)cn1. The van der Waals surface area contributed by atoms with Crippen LogP contribution in [-0.4, -0.2) is 66.2 Å². The van der Waals surface area contributed by atoms with Gasteiger partial charge in [-0.25, -0.2) is 9.71 Å². The number of aromatic nitrogens is 2. The van der Waals surface area contributed by atoms with Crippen LogP contribution in [0.25, 0.3) is 0 Å². The van der Waals surface area contributed by atoms with Crippen molar-refractivity contribution in [1.82, 2.24) is 23.9 Å². The van der Waals surface area contributed by atoms with Crippen LogP contribution in [0.1, 0.15) is 48.0 Å². The van der Waals surface area contributed by atoms with Crippen molar-refractivity contribution in [3.63, 3.8) is 0 Å². The summed E-state index contributed by atoms with van der Waals surface area (Å²) in [4.78, 5) is 23.1. The van der Waals surface area contributed by atoms with E-state index in [2.05, 4.69) is 9.97 Å². The molecule has 0 unspecified atom stereocenters. The van der Waals surface area contributed by atoms with E-state index in [9.17, 15) is 26.4 Å². The normalized spacial score (nSPS) is 15.7. The minimum absolute atomic E-state index is 0.166. The van der Waals surface area contributed by atoms with E-state index in [0.717, 1.165) is 23.0 Å². The lowest BCUT2D eigenvalue weighted by molar-refractivity contribution is -0.139. The number of benzene rings is 1. The molecular formula is C27H30F3N5O5S. The Morgan fingerprint density at radius 3 is 2.39 bits per heavy atom. The highest BCUT2D eigenvalue weighted by molar-refractivity contribution is 7.87. The van der Waals surface area contributed by atoms with Crippen molar-refractivity contribution in [3.8, 4) is 17.4 Å². The Hall–Kier alpha value is -3.75. The van der Waals surface area contributed by atoms with Crippen LogP contribution >= 0.6 is 0 Å². The van der Waals surface area contributed by atoms with Crippen molar-refractivity contribution in [2.24, 2.45) is 0 Å². The highest BCUT2D eigenvalue weighted by Gasteiger charge is 2.37. The molecule has 1 aliphatic rings. The van der Waals surface area contributed by atoms with Gasteiger partial charge in [0.05, 0.1) is 17.5 Å². The maximum atomic E-state index is 14.0. The second-order valence-electron chi connectivity index (χ2n) is 9.18. The third-order valence-electron chi connectivity index (χ3n) is 6.48. The van der Waals surface area contributed by atoms with E-state index in [1.165, 1.54) is 6.20 Å². The number of carbonyl (C=O) groups is 1. The highest BCUT2D eigenvalue weighted by atomic mass is 32.2. The minimum Gasteiger partial charge on any atom is -0.484 e. The number of nitrogens with zero attached hydrogens (tertiary/aromatic N) is 4. The number of alkyl halides is 3. The first-order chi connectivity index (χ1) is 19.5. The number of rotatable bonds is 10. The molecule has 3 aromatic rings. The summed E-state index contributed by atoms with van der Waals surface area (Å²) in [5.74, 6) is -0.945. The van der Waals surface area contributed by atoms with Gasteiger partial charge in [0.15, 0.2) is 0 Å². The van der Waals surface area contributed by atoms with Gasteiger partial charge in [-0.2, -0.15) is 25.9 Å². The van der Waals surface area contributed by atoms with E-state index in [0.29, 0.717) is 36.5 Å². The number of hydrogen-bond acceptors (Lipinski definition) is 8. The molecule has 3 heterocycles. The van der Waals surface area contributed by atoms with Gasteiger partial charge in [0, 0.05) is 44.0 Å². The molecule has 220 valence electrons. The van der Waals surface area contributed by atoms with Gasteiger partial charge >= 0.3 is 16.4 Å². The molecule has 1 N–H and O–H groups in total. The van der Waals surface area contributed by atoms with Crippen molar-refractivity contribution in [3.05, 3.63) is 77.7 Å². The van der Waals surface area contributed by atoms with Crippen molar-refractivity contribution in [2.75, 3.05) is 32.7 Å². The van der Waals surface area contributed by atoms with E-state index >= 15 is 0 Å². The predicted molar refractivity (Wildman–Crippen MR) is 144 cm³/mol. The van der Waals surface area contributed by atoms with Gasteiger partial charge in [0.1, 0.15) is 17.6 Å². The number of pyridine rings is 2. The largest absolute Gasteiger partial charge is 0.484 e. The fourth-order valence-corrected chi connectivity index (χ4v) is 5.32. The second kappa shape index (κ2) is 12.8. The molecule has 1 aliphatic heterocycles. The second-order valence-corrected chi connectivity index (χ2v) is 10.9. The lowest BCUT2D eigenvalue weighted by atomic mass is 10.1. The molecule has 0 aliphatic carbocycles. The van der Waals surface area contributed by atoms with Crippen LogP contribution in [0.5, 0.6) is 17.4 Å². The number of carbonyl (C=O) groups excluding carboxylic acids is 1. The fraction of sp³-hybridized carbons (Fsp3) is 0.370. The fourth-order valence-electron chi connectivity index (χ4n) is 4.20. The summed E-state index contributed by atoms with van der Waals surface area (Å²) >= 11 is 0. The van der Waals surface area contributed by atoms with E-state index in [1.54, 1.807) is 43.5 Å². The summed E-state index contributed by atoms with van der Waals surface area (Å²) < 4.78 is 81.8. The number of hydrogen-bond donors (Lipinski definition) is 1. The summed E-state index contributed by atoms with van der Waals surface area (Å²) in [6.45, 7) is 5.75. The first-order valence-corrected chi connectivity index (χ1v) is 14.4. The first kappa shape index (κ1) is 30.2. The number of ether oxygens (including phenoxy) is 2. The number of nitrogens with one attached hydrogen (secondary N) is 1.